The molecule has 0 saturated heterocycles. The molecule has 0 aliphatic heterocycles. The highest BCUT2D eigenvalue weighted by molar-refractivity contribution is 9.28. The van der Waals surface area contributed by atoms with Gasteiger partial charge in [-0.25, -0.2) is 0 Å². The summed E-state index contributed by atoms with van der Waals surface area (Å²) in [5.74, 6) is 0. The summed E-state index contributed by atoms with van der Waals surface area (Å²) >= 11 is 6.49. The first-order chi connectivity index (χ1) is 6.61. The Kier molecular flexibility index (Phi) is 9.22. The molecule has 0 saturated carbocycles. The summed E-state index contributed by atoms with van der Waals surface area (Å²) in [6, 6.07) is 0. The molecule has 0 bridgehead atoms. The third-order valence-corrected chi connectivity index (χ3v) is 2.39. The average molecular weight is 332 g/mol. The Bertz CT molecular complexity index is 169. The summed E-state index contributed by atoms with van der Waals surface area (Å²) in [6.45, 7) is 2.15. The van der Waals surface area contributed by atoms with E-state index in [1.165, 1.54) is 0 Å². The van der Waals surface area contributed by atoms with Crippen molar-refractivity contribution in [3.63, 3.8) is 0 Å². The summed E-state index contributed by atoms with van der Waals surface area (Å²) in [5.41, 5.74) is 0. The van der Waals surface area contributed by atoms with Gasteiger partial charge in [0.1, 0.15) is 6.10 Å². The molecule has 2 N–H and O–H groups in total. The van der Waals surface area contributed by atoms with Crippen LogP contribution in [0.2, 0.25) is 0 Å². The van der Waals surface area contributed by atoms with Gasteiger partial charge in [-0.05, 0) is 51.6 Å². The molecule has 0 spiro atoms. The lowest BCUT2D eigenvalue weighted by Crippen LogP contribution is -2.32. The molecule has 0 aromatic rings. The largest absolute Gasteiger partial charge is 0.394 e. The van der Waals surface area contributed by atoms with E-state index in [-0.39, 0.29) is 12.7 Å². The smallest absolute Gasteiger partial charge is 0.103 e. The number of aliphatic hydroxyl groups excluding tert-OH is 2. The van der Waals surface area contributed by atoms with Crippen molar-refractivity contribution in [1.29, 1.82) is 0 Å². The van der Waals surface area contributed by atoms with Crippen LogP contribution in [-0.2, 0) is 4.74 Å². The molecule has 0 radical (unpaired) electrons. The van der Waals surface area contributed by atoms with Crippen LogP contribution in [0.5, 0.6) is 0 Å². The molecule has 5 heteroatoms. The van der Waals surface area contributed by atoms with Gasteiger partial charge in [0.05, 0.1) is 16.1 Å². The van der Waals surface area contributed by atoms with Crippen LogP contribution in [0.4, 0.5) is 0 Å². The zero-order chi connectivity index (χ0) is 11.0. The van der Waals surface area contributed by atoms with Crippen LogP contribution in [0, 0.1) is 0 Å². The van der Waals surface area contributed by atoms with Crippen LogP contribution in [-0.4, -0.2) is 35.6 Å². The van der Waals surface area contributed by atoms with Crippen molar-refractivity contribution in [3.05, 3.63) is 9.47 Å². The lowest BCUT2D eigenvalue weighted by molar-refractivity contribution is -0.0568. The van der Waals surface area contributed by atoms with Crippen LogP contribution >= 0.6 is 31.9 Å². The Labute approximate surface area is 101 Å². The maximum Gasteiger partial charge on any atom is 0.103 e. The number of hydrogen-bond acceptors (Lipinski definition) is 3. The van der Waals surface area contributed by atoms with Gasteiger partial charge in [-0.2, -0.15) is 0 Å². The Morgan fingerprint density at radius 1 is 1.50 bits per heavy atom. The lowest BCUT2D eigenvalue weighted by Gasteiger charge is -2.20. The molecule has 0 aromatic heterocycles. The van der Waals surface area contributed by atoms with Crippen molar-refractivity contribution in [2.24, 2.45) is 0 Å². The van der Waals surface area contributed by atoms with Gasteiger partial charge in [0, 0.05) is 6.61 Å². The van der Waals surface area contributed by atoms with Crippen LogP contribution in [0.3, 0.4) is 0 Å². The lowest BCUT2D eigenvalue weighted by atomic mass is 10.1. The van der Waals surface area contributed by atoms with Gasteiger partial charge >= 0.3 is 0 Å². The second kappa shape index (κ2) is 8.85. The Balaban J connectivity index is 3.90. The molecule has 0 fully saturated rings. The number of hydrogen-bond donors (Lipinski definition) is 2. The molecular formula is C9H16Br2O3. The molecule has 0 heterocycles. The van der Waals surface area contributed by atoms with E-state index in [0.29, 0.717) is 13.0 Å². The molecule has 0 aliphatic carbocycles. The minimum absolute atomic E-state index is 0.260. The third kappa shape index (κ3) is 6.95. The number of allylic oxidation sites excluding steroid dienone is 1. The SMILES string of the molecule is CCO[C@H](CCC=C(Br)Br)C(O)CO. The predicted molar refractivity (Wildman–Crippen MR) is 63.7 cm³/mol. The van der Waals surface area contributed by atoms with Gasteiger partial charge in [-0.1, -0.05) is 6.08 Å². The Morgan fingerprint density at radius 3 is 2.57 bits per heavy atom. The Hall–Kier alpha value is 0.580. The van der Waals surface area contributed by atoms with Crippen LogP contribution in [0.1, 0.15) is 19.8 Å². The topological polar surface area (TPSA) is 49.7 Å². The quantitative estimate of drug-likeness (QED) is 0.751. The fraction of sp³-hybridized carbons (Fsp3) is 0.778. The monoisotopic (exact) mass is 330 g/mol. The fourth-order valence-corrected chi connectivity index (χ4v) is 1.53. The number of aliphatic hydroxyl groups is 2. The highest BCUT2D eigenvalue weighted by Crippen LogP contribution is 2.16. The molecule has 0 aliphatic rings. The second-order valence-electron chi connectivity index (χ2n) is 2.81. The molecule has 0 aromatic carbocycles. The van der Waals surface area contributed by atoms with E-state index in [1.54, 1.807) is 0 Å². The van der Waals surface area contributed by atoms with E-state index in [0.717, 1.165) is 9.81 Å². The standard InChI is InChI=1S/C9H16Br2O3/c1-2-14-8(7(13)6-12)4-3-5-9(10)11/h5,7-8,12-13H,2-4,6H2,1H3/t7?,8-/m1/s1. The van der Waals surface area contributed by atoms with Gasteiger partial charge in [0.25, 0.3) is 0 Å². The summed E-state index contributed by atoms with van der Waals surface area (Å²) < 4.78 is 6.19. The molecule has 0 amide bonds. The normalized spacial score (nSPS) is 14.9. The maximum absolute atomic E-state index is 9.39. The molecule has 1 unspecified atom stereocenters. The second-order valence-corrected chi connectivity index (χ2v) is 5.59. The van der Waals surface area contributed by atoms with E-state index in [1.807, 2.05) is 13.0 Å². The van der Waals surface area contributed by atoms with Gasteiger partial charge in [-0.15, -0.1) is 0 Å². The van der Waals surface area contributed by atoms with Crippen molar-refractivity contribution < 1.29 is 14.9 Å². The van der Waals surface area contributed by atoms with E-state index in [4.69, 9.17) is 9.84 Å². The van der Waals surface area contributed by atoms with E-state index < -0.39 is 6.10 Å². The van der Waals surface area contributed by atoms with Crippen LogP contribution in [0.25, 0.3) is 0 Å². The van der Waals surface area contributed by atoms with Crippen molar-refractivity contribution in [2.45, 2.75) is 32.0 Å². The first-order valence-electron chi connectivity index (χ1n) is 4.53. The highest BCUT2D eigenvalue weighted by atomic mass is 79.9. The zero-order valence-electron chi connectivity index (χ0n) is 8.12. The molecular weight excluding hydrogens is 316 g/mol. The number of ether oxygens (including phenoxy) is 1. The minimum atomic E-state index is -0.794. The van der Waals surface area contributed by atoms with Gasteiger partial charge in [-0.3, -0.25) is 0 Å². The number of rotatable bonds is 7. The van der Waals surface area contributed by atoms with Crippen molar-refractivity contribution in [2.75, 3.05) is 13.2 Å². The number of halogens is 2. The first kappa shape index (κ1) is 14.6. The Morgan fingerprint density at radius 2 is 2.14 bits per heavy atom. The van der Waals surface area contributed by atoms with Crippen molar-refractivity contribution in [3.8, 4) is 0 Å². The summed E-state index contributed by atoms with van der Waals surface area (Å²) in [4.78, 5) is 0. The van der Waals surface area contributed by atoms with Crippen LogP contribution < -0.4 is 0 Å². The van der Waals surface area contributed by atoms with E-state index in [9.17, 15) is 5.11 Å². The maximum atomic E-state index is 9.39. The third-order valence-electron chi connectivity index (χ3n) is 1.75. The minimum Gasteiger partial charge on any atom is -0.394 e. The zero-order valence-corrected chi connectivity index (χ0v) is 11.3. The molecule has 3 nitrogen and oxygen atoms in total. The van der Waals surface area contributed by atoms with E-state index >= 15 is 0 Å². The molecule has 14 heavy (non-hydrogen) atoms. The molecule has 2 atom stereocenters. The summed E-state index contributed by atoms with van der Waals surface area (Å²) in [5, 5.41) is 18.2. The van der Waals surface area contributed by atoms with Gasteiger partial charge < -0.3 is 14.9 Å². The van der Waals surface area contributed by atoms with E-state index in [2.05, 4.69) is 31.9 Å². The predicted octanol–water partition coefficient (Wildman–Crippen LogP) is 2.16. The van der Waals surface area contributed by atoms with Crippen molar-refractivity contribution in [1.82, 2.24) is 0 Å². The average Bonchev–Trinajstić information content (AvgIpc) is 2.15. The van der Waals surface area contributed by atoms with Gasteiger partial charge in [0.2, 0.25) is 0 Å². The van der Waals surface area contributed by atoms with Crippen molar-refractivity contribution >= 4 is 31.9 Å². The summed E-state index contributed by atoms with van der Waals surface area (Å²) in [6.07, 6.45) is 2.33. The first-order valence-corrected chi connectivity index (χ1v) is 6.12. The fourth-order valence-electron chi connectivity index (χ4n) is 1.08. The van der Waals surface area contributed by atoms with Gasteiger partial charge in [0.15, 0.2) is 0 Å². The van der Waals surface area contributed by atoms with Crippen LogP contribution in [0.15, 0.2) is 9.47 Å². The molecule has 84 valence electrons. The molecule has 0 rings (SSSR count). The highest BCUT2D eigenvalue weighted by Gasteiger charge is 2.17. The summed E-state index contributed by atoms with van der Waals surface area (Å²) in [7, 11) is 0.